The molecule has 0 saturated heterocycles. The molecule has 1 atom stereocenters. The quantitative estimate of drug-likeness (QED) is 0.699. The van der Waals surface area contributed by atoms with E-state index in [1.807, 2.05) is 6.92 Å². The van der Waals surface area contributed by atoms with Crippen LogP contribution in [0.5, 0.6) is 0 Å². The first-order valence-electron chi connectivity index (χ1n) is 5.57. The van der Waals surface area contributed by atoms with Crippen LogP contribution in [0, 0.1) is 6.92 Å². The number of rotatable bonds is 7. The molecule has 86 valence electrons. The minimum absolute atomic E-state index is 0.598. The van der Waals surface area contributed by atoms with Crippen LogP contribution in [0.4, 0.5) is 0 Å². The molecular formula is C11H21N3S. The lowest BCUT2D eigenvalue weighted by Crippen LogP contribution is -2.29. The third kappa shape index (κ3) is 5.25. The molecule has 4 heteroatoms. The third-order valence-electron chi connectivity index (χ3n) is 2.25. The Morgan fingerprint density at radius 3 is 2.93 bits per heavy atom. The SMILES string of the molecule is CCNC(C)CCNCc1nc(C)cs1. The van der Waals surface area contributed by atoms with Gasteiger partial charge in [-0.05, 0) is 33.4 Å². The normalized spacial score (nSPS) is 13.0. The average molecular weight is 227 g/mol. The summed E-state index contributed by atoms with van der Waals surface area (Å²) >= 11 is 1.73. The van der Waals surface area contributed by atoms with E-state index < -0.39 is 0 Å². The first kappa shape index (κ1) is 12.6. The Labute approximate surface area is 96.3 Å². The van der Waals surface area contributed by atoms with Gasteiger partial charge in [-0.15, -0.1) is 11.3 Å². The van der Waals surface area contributed by atoms with E-state index in [1.54, 1.807) is 11.3 Å². The fourth-order valence-electron chi connectivity index (χ4n) is 1.45. The van der Waals surface area contributed by atoms with Crippen LogP contribution in [0.2, 0.25) is 0 Å². The molecule has 2 N–H and O–H groups in total. The van der Waals surface area contributed by atoms with E-state index in [1.165, 1.54) is 5.01 Å². The Hall–Kier alpha value is -0.450. The van der Waals surface area contributed by atoms with Crippen LogP contribution >= 0.6 is 11.3 Å². The van der Waals surface area contributed by atoms with Crippen LogP contribution in [-0.4, -0.2) is 24.1 Å². The molecule has 0 amide bonds. The van der Waals surface area contributed by atoms with Crippen LogP contribution in [0.15, 0.2) is 5.38 Å². The van der Waals surface area contributed by atoms with Crippen molar-refractivity contribution in [2.45, 2.75) is 39.8 Å². The Kier molecular flexibility index (Phi) is 5.83. The van der Waals surface area contributed by atoms with E-state index in [2.05, 4.69) is 34.8 Å². The number of aromatic nitrogens is 1. The first-order chi connectivity index (χ1) is 7.22. The maximum Gasteiger partial charge on any atom is 0.107 e. The van der Waals surface area contributed by atoms with Crippen LogP contribution < -0.4 is 10.6 Å². The van der Waals surface area contributed by atoms with Gasteiger partial charge in [0.25, 0.3) is 0 Å². The summed E-state index contributed by atoms with van der Waals surface area (Å²) in [7, 11) is 0. The molecule has 0 radical (unpaired) electrons. The largest absolute Gasteiger partial charge is 0.314 e. The number of thiazole rings is 1. The molecule has 1 aromatic heterocycles. The molecule has 1 heterocycles. The fourth-order valence-corrected chi connectivity index (χ4v) is 2.19. The standard InChI is InChI=1S/C11H21N3S/c1-4-13-9(2)5-6-12-7-11-14-10(3)8-15-11/h8-9,12-13H,4-7H2,1-3H3. The Morgan fingerprint density at radius 1 is 1.53 bits per heavy atom. The summed E-state index contributed by atoms with van der Waals surface area (Å²) in [6.45, 7) is 9.39. The summed E-state index contributed by atoms with van der Waals surface area (Å²) in [5, 5.41) is 10.1. The van der Waals surface area contributed by atoms with Gasteiger partial charge in [0.2, 0.25) is 0 Å². The molecule has 1 aromatic rings. The molecule has 0 fully saturated rings. The molecular weight excluding hydrogens is 206 g/mol. The second kappa shape index (κ2) is 6.93. The molecule has 0 spiro atoms. The number of hydrogen-bond donors (Lipinski definition) is 2. The summed E-state index contributed by atoms with van der Waals surface area (Å²) in [4.78, 5) is 4.40. The van der Waals surface area contributed by atoms with Crippen molar-refractivity contribution < 1.29 is 0 Å². The van der Waals surface area contributed by atoms with E-state index in [0.717, 1.165) is 31.7 Å². The number of aryl methyl sites for hydroxylation is 1. The molecule has 15 heavy (non-hydrogen) atoms. The van der Waals surface area contributed by atoms with Crippen molar-refractivity contribution in [3.8, 4) is 0 Å². The molecule has 3 nitrogen and oxygen atoms in total. The van der Waals surface area contributed by atoms with Crippen molar-refractivity contribution in [2.24, 2.45) is 0 Å². The Morgan fingerprint density at radius 2 is 2.33 bits per heavy atom. The van der Waals surface area contributed by atoms with Gasteiger partial charge >= 0.3 is 0 Å². The molecule has 1 unspecified atom stereocenters. The Bertz CT molecular complexity index is 273. The second-order valence-electron chi connectivity index (χ2n) is 3.81. The van der Waals surface area contributed by atoms with Crippen molar-refractivity contribution in [3.63, 3.8) is 0 Å². The second-order valence-corrected chi connectivity index (χ2v) is 4.75. The Balaban J connectivity index is 2.06. The summed E-state index contributed by atoms with van der Waals surface area (Å²) in [6.07, 6.45) is 1.16. The predicted molar refractivity (Wildman–Crippen MR) is 66.3 cm³/mol. The van der Waals surface area contributed by atoms with Gasteiger partial charge in [-0.3, -0.25) is 0 Å². The fraction of sp³-hybridized carbons (Fsp3) is 0.727. The van der Waals surface area contributed by atoms with Gasteiger partial charge in [-0.1, -0.05) is 6.92 Å². The van der Waals surface area contributed by atoms with Crippen LogP contribution in [-0.2, 0) is 6.54 Å². The van der Waals surface area contributed by atoms with Crippen molar-refractivity contribution in [1.82, 2.24) is 15.6 Å². The van der Waals surface area contributed by atoms with E-state index in [-0.39, 0.29) is 0 Å². The first-order valence-corrected chi connectivity index (χ1v) is 6.45. The molecule has 0 aliphatic carbocycles. The van der Waals surface area contributed by atoms with Gasteiger partial charge in [-0.25, -0.2) is 4.98 Å². The highest BCUT2D eigenvalue weighted by molar-refractivity contribution is 7.09. The van der Waals surface area contributed by atoms with Crippen molar-refractivity contribution in [2.75, 3.05) is 13.1 Å². The zero-order chi connectivity index (χ0) is 11.1. The minimum atomic E-state index is 0.598. The van der Waals surface area contributed by atoms with Crippen LogP contribution in [0.3, 0.4) is 0 Å². The molecule has 1 rings (SSSR count). The van der Waals surface area contributed by atoms with E-state index in [0.29, 0.717) is 6.04 Å². The summed E-state index contributed by atoms with van der Waals surface area (Å²) in [6, 6.07) is 0.598. The zero-order valence-corrected chi connectivity index (χ0v) is 10.7. The van der Waals surface area contributed by atoms with Gasteiger partial charge < -0.3 is 10.6 Å². The summed E-state index contributed by atoms with van der Waals surface area (Å²) in [5.74, 6) is 0. The van der Waals surface area contributed by atoms with Crippen molar-refractivity contribution >= 4 is 11.3 Å². The predicted octanol–water partition coefficient (Wildman–Crippen LogP) is 1.93. The van der Waals surface area contributed by atoms with Crippen LogP contribution in [0.25, 0.3) is 0 Å². The maximum atomic E-state index is 4.40. The monoisotopic (exact) mass is 227 g/mol. The highest BCUT2D eigenvalue weighted by atomic mass is 32.1. The maximum absolute atomic E-state index is 4.40. The van der Waals surface area contributed by atoms with Crippen LogP contribution in [0.1, 0.15) is 31.0 Å². The lowest BCUT2D eigenvalue weighted by Gasteiger charge is -2.11. The molecule has 0 aromatic carbocycles. The number of nitrogens with one attached hydrogen (secondary N) is 2. The van der Waals surface area contributed by atoms with Gasteiger partial charge in [0.15, 0.2) is 0 Å². The van der Waals surface area contributed by atoms with E-state index in [9.17, 15) is 0 Å². The molecule has 0 saturated carbocycles. The lowest BCUT2D eigenvalue weighted by molar-refractivity contribution is 0.504. The van der Waals surface area contributed by atoms with Gasteiger partial charge in [0.1, 0.15) is 5.01 Å². The van der Waals surface area contributed by atoms with Gasteiger partial charge in [0.05, 0.1) is 0 Å². The highest BCUT2D eigenvalue weighted by Crippen LogP contribution is 2.07. The van der Waals surface area contributed by atoms with Gasteiger partial charge in [0, 0.05) is 23.7 Å². The molecule has 0 aliphatic heterocycles. The average Bonchev–Trinajstić information content (AvgIpc) is 2.60. The minimum Gasteiger partial charge on any atom is -0.314 e. The smallest absolute Gasteiger partial charge is 0.107 e. The van der Waals surface area contributed by atoms with Crippen molar-refractivity contribution in [3.05, 3.63) is 16.1 Å². The highest BCUT2D eigenvalue weighted by Gasteiger charge is 2.00. The van der Waals surface area contributed by atoms with E-state index >= 15 is 0 Å². The molecule has 0 aliphatic rings. The topological polar surface area (TPSA) is 37.0 Å². The van der Waals surface area contributed by atoms with E-state index in [4.69, 9.17) is 0 Å². The third-order valence-corrected chi connectivity index (χ3v) is 3.22. The number of hydrogen-bond acceptors (Lipinski definition) is 4. The van der Waals surface area contributed by atoms with Gasteiger partial charge in [-0.2, -0.15) is 0 Å². The summed E-state index contributed by atoms with van der Waals surface area (Å²) in [5.41, 5.74) is 1.12. The summed E-state index contributed by atoms with van der Waals surface area (Å²) < 4.78 is 0. The number of nitrogens with zero attached hydrogens (tertiary/aromatic N) is 1. The zero-order valence-electron chi connectivity index (χ0n) is 9.84. The van der Waals surface area contributed by atoms with Crippen molar-refractivity contribution in [1.29, 1.82) is 0 Å². The molecule has 0 bridgehead atoms. The lowest BCUT2D eigenvalue weighted by atomic mass is 10.2.